The van der Waals surface area contributed by atoms with E-state index in [1.165, 1.54) is 0 Å². The summed E-state index contributed by atoms with van der Waals surface area (Å²) in [4.78, 5) is 4.21. The van der Waals surface area contributed by atoms with Gasteiger partial charge in [-0.05, 0) is 36.4 Å². The highest BCUT2D eigenvalue weighted by atomic mass is 16.5. The molecular formula is C17H16N2O3. The van der Waals surface area contributed by atoms with Crippen molar-refractivity contribution in [3.8, 4) is 23.0 Å². The molecule has 0 bridgehead atoms. The standard InChI is InChI=1S/C17H16N2O3/c1-20-15-7-11-9-19-10-17(14(11)8-16(15)21-2)22-13-5-3-12(18)4-6-13/h3-10H,18H2,1-2H3. The van der Waals surface area contributed by atoms with Gasteiger partial charge in [0.05, 0.1) is 20.4 Å². The molecule has 22 heavy (non-hydrogen) atoms. The average molecular weight is 296 g/mol. The smallest absolute Gasteiger partial charge is 0.161 e. The van der Waals surface area contributed by atoms with Crippen molar-refractivity contribution in [1.82, 2.24) is 4.98 Å². The van der Waals surface area contributed by atoms with E-state index in [0.717, 1.165) is 10.8 Å². The van der Waals surface area contributed by atoms with Gasteiger partial charge in [-0.3, -0.25) is 4.98 Å². The molecule has 3 rings (SSSR count). The quantitative estimate of drug-likeness (QED) is 0.745. The lowest BCUT2D eigenvalue weighted by Gasteiger charge is -2.12. The van der Waals surface area contributed by atoms with Crippen LogP contribution in [-0.4, -0.2) is 19.2 Å². The number of nitrogens with two attached hydrogens (primary N) is 1. The molecular weight excluding hydrogens is 280 g/mol. The molecule has 1 aromatic heterocycles. The van der Waals surface area contributed by atoms with Crippen LogP contribution in [0.4, 0.5) is 5.69 Å². The molecule has 0 saturated heterocycles. The number of ether oxygens (including phenoxy) is 3. The van der Waals surface area contributed by atoms with Crippen molar-refractivity contribution in [1.29, 1.82) is 0 Å². The summed E-state index contributed by atoms with van der Waals surface area (Å²) in [5.74, 6) is 2.63. The minimum absolute atomic E-state index is 0.642. The van der Waals surface area contributed by atoms with Gasteiger partial charge in [0.1, 0.15) is 5.75 Å². The zero-order chi connectivity index (χ0) is 15.5. The molecule has 0 radical (unpaired) electrons. The molecule has 5 nitrogen and oxygen atoms in total. The highest BCUT2D eigenvalue weighted by Gasteiger charge is 2.10. The van der Waals surface area contributed by atoms with Crippen molar-refractivity contribution < 1.29 is 14.2 Å². The van der Waals surface area contributed by atoms with Crippen molar-refractivity contribution in [2.24, 2.45) is 0 Å². The first-order valence-corrected chi connectivity index (χ1v) is 6.74. The van der Waals surface area contributed by atoms with Crippen LogP contribution in [0.5, 0.6) is 23.0 Å². The second-order valence-electron chi connectivity index (χ2n) is 4.74. The van der Waals surface area contributed by atoms with E-state index in [1.807, 2.05) is 24.3 Å². The number of methoxy groups -OCH3 is 2. The van der Waals surface area contributed by atoms with Crippen LogP contribution >= 0.6 is 0 Å². The van der Waals surface area contributed by atoms with Gasteiger partial charge >= 0.3 is 0 Å². The predicted octanol–water partition coefficient (Wildman–Crippen LogP) is 3.63. The van der Waals surface area contributed by atoms with Crippen LogP contribution < -0.4 is 19.9 Å². The van der Waals surface area contributed by atoms with Crippen LogP contribution in [0, 0.1) is 0 Å². The Morgan fingerprint density at radius 2 is 1.55 bits per heavy atom. The van der Waals surface area contributed by atoms with E-state index in [-0.39, 0.29) is 0 Å². The number of fused-ring (bicyclic) bond motifs is 1. The van der Waals surface area contributed by atoms with Gasteiger partial charge in [0.15, 0.2) is 17.2 Å². The first-order valence-electron chi connectivity index (χ1n) is 6.74. The lowest BCUT2D eigenvalue weighted by molar-refractivity contribution is 0.355. The fraction of sp³-hybridized carbons (Fsp3) is 0.118. The number of pyridine rings is 1. The number of hydrogen-bond acceptors (Lipinski definition) is 5. The number of nitrogen functional groups attached to an aromatic ring is 1. The van der Waals surface area contributed by atoms with Crippen LogP contribution in [0.25, 0.3) is 10.8 Å². The van der Waals surface area contributed by atoms with E-state index < -0.39 is 0 Å². The Balaban J connectivity index is 2.07. The Morgan fingerprint density at radius 1 is 0.864 bits per heavy atom. The Labute approximate surface area is 128 Å². The van der Waals surface area contributed by atoms with Crippen LogP contribution in [-0.2, 0) is 0 Å². The molecule has 0 saturated carbocycles. The van der Waals surface area contributed by atoms with Gasteiger partial charge < -0.3 is 19.9 Å². The third kappa shape index (κ3) is 2.61. The lowest BCUT2D eigenvalue weighted by atomic mass is 10.1. The van der Waals surface area contributed by atoms with Crippen LogP contribution in [0.2, 0.25) is 0 Å². The SMILES string of the molecule is COc1cc2cncc(Oc3ccc(N)cc3)c2cc1OC. The van der Waals surface area contributed by atoms with Crippen molar-refractivity contribution in [3.05, 3.63) is 48.8 Å². The zero-order valence-corrected chi connectivity index (χ0v) is 12.4. The van der Waals surface area contributed by atoms with Gasteiger partial charge in [-0.15, -0.1) is 0 Å². The minimum Gasteiger partial charge on any atom is -0.493 e. The van der Waals surface area contributed by atoms with E-state index in [0.29, 0.717) is 28.7 Å². The molecule has 0 unspecified atom stereocenters. The summed E-state index contributed by atoms with van der Waals surface area (Å²) in [5, 5.41) is 1.80. The topological polar surface area (TPSA) is 66.6 Å². The van der Waals surface area contributed by atoms with E-state index >= 15 is 0 Å². The number of rotatable bonds is 4. The van der Waals surface area contributed by atoms with Crippen molar-refractivity contribution in [2.45, 2.75) is 0 Å². The molecule has 112 valence electrons. The first-order chi connectivity index (χ1) is 10.7. The molecule has 2 N–H and O–H groups in total. The number of nitrogens with zero attached hydrogens (tertiary/aromatic N) is 1. The van der Waals surface area contributed by atoms with Crippen molar-refractivity contribution >= 4 is 16.5 Å². The third-order valence-corrected chi connectivity index (χ3v) is 3.33. The Hall–Kier alpha value is -2.95. The molecule has 0 atom stereocenters. The summed E-state index contributed by atoms with van der Waals surface area (Å²) in [6.45, 7) is 0. The molecule has 0 fully saturated rings. The van der Waals surface area contributed by atoms with Crippen LogP contribution in [0.3, 0.4) is 0 Å². The Morgan fingerprint density at radius 3 is 2.23 bits per heavy atom. The number of aromatic nitrogens is 1. The fourth-order valence-corrected chi connectivity index (χ4v) is 2.21. The van der Waals surface area contributed by atoms with Gasteiger partial charge in [-0.1, -0.05) is 0 Å². The lowest BCUT2D eigenvalue weighted by Crippen LogP contribution is -1.93. The van der Waals surface area contributed by atoms with Gasteiger partial charge in [-0.2, -0.15) is 0 Å². The van der Waals surface area contributed by atoms with E-state index in [2.05, 4.69) is 4.98 Å². The van der Waals surface area contributed by atoms with Crippen LogP contribution in [0.1, 0.15) is 0 Å². The van der Waals surface area contributed by atoms with Crippen molar-refractivity contribution in [3.63, 3.8) is 0 Å². The summed E-state index contributed by atoms with van der Waals surface area (Å²) < 4.78 is 16.6. The molecule has 0 aliphatic heterocycles. The minimum atomic E-state index is 0.642. The van der Waals surface area contributed by atoms with Gasteiger partial charge in [0.25, 0.3) is 0 Å². The summed E-state index contributed by atoms with van der Waals surface area (Å²) in [6.07, 6.45) is 3.43. The second-order valence-corrected chi connectivity index (χ2v) is 4.74. The Bertz CT molecular complexity index is 801. The Kier molecular flexibility index (Phi) is 3.70. The number of anilines is 1. The molecule has 5 heteroatoms. The fourth-order valence-electron chi connectivity index (χ4n) is 2.21. The maximum atomic E-state index is 5.91. The highest BCUT2D eigenvalue weighted by molar-refractivity contribution is 5.90. The number of hydrogen-bond donors (Lipinski definition) is 1. The molecule has 0 spiro atoms. The molecule has 0 aliphatic carbocycles. The largest absolute Gasteiger partial charge is 0.493 e. The second kappa shape index (κ2) is 5.81. The number of benzene rings is 2. The van der Waals surface area contributed by atoms with Crippen molar-refractivity contribution in [2.75, 3.05) is 20.0 Å². The molecule has 1 heterocycles. The van der Waals surface area contributed by atoms with Gasteiger partial charge in [-0.25, -0.2) is 0 Å². The molecule has 3 aromatic rings. The van der Waals surface area contributed by atoms with E-state index in [1.54, 1.807) is 38.7 Å². The van der Waals surface area contributed by atoms with Crippen LogP contribution in [0.15, 0.2) is 48.8 Å². The normalized spacial score (nSPS) is 10.5. The first kappa shape index (κ1) is 14.0. The third-order valence-electron chi connectivity index (χ3n) is 3.33. The predicted molar refractivity (Wildman–Crippen MR) is 85.8 cm³/mol. The average Bonchev–Trinajstić information content (AvgIpc) is 2.56. The highest BCUT2D eigenvalue weighted by Crippen LogP contribution is 2.37. The zero-order valence-electron chi connectivity index (χ0n) is 12.4. The maximum Gasteiger partial charge on any atom is 0.161 e. The maximum absolute atomic E-state index is 5.91. The summed E-state index contributed by atoms with van der Waals surface area (Å²) in [7, 11) is 3.21. The molecule has 2 aromatic carbocycles. The monoisotopic (exact) mass is 296 g/mol. The molecule has 0 aliphatic rings. The van der Waals surface area contributed by atoms with Gasteiger partial charge in [0, 0.05) is 22.7 Å². The summed E-state index contributed by atoms with van der Waals surface area (Å²) in [6, 6.07) is 11.0. The summed E-state index contributed by atoms with van der Waals surface area (Å²) in [5.41, 5.74) is 6.37. The van der Waals surface area contributed by atoms with E-state index in [9.17, 15) is 0 Å². The van der Waals surface area contributed by atoms with E-state index in [4.69, 9.17) is 19.9 Å². The molecule has 0 amide bonds. The van der Waals surface area contributed by atoms with Gasteiger partial charge in [0.2, 0.25) is 0 Å². The summed E-state index contributed by atoms with van der Waals surface area (Å²) >= 11 is 0.